The van der Waals surface area contributed by atoms with E-state index >= 15 is 0 Å². The van der Waals surface area contributed by atoms with Crippen molar-refractivity contribution in [2.24, 2.45) is 0 Å². The summed E-state index contributed by atoms with van der Waals surface area (Å²) in [5.41, 5.74) is 0. The van der Waals surface area contributed by atoms with Crippen LogP contribution >= 0.6 is 0 Å². The maximum atomic E-state index is 12.8. The SMILES string of the molecule is CC/C=C\C/C=C\C/C=C\C/C=C\C/C=C\CCCCCCCCCCCCCCCC(=O)OC(COC(=O)CCCCCCCCCCCCC)COC(OCC[N+](C)(C)C)C(=O)[O-]. The summed E-state index contributed by atoms with van der Waals surface area (Å²) in [5, 5.41) is 11.7. The molecule has 0 saturated carbocycles. The first-order chi connectivity index (χ1) is 31.6. The predicted octanol–water partition coefficient (Wildman–Crippen LogP) is 13.6. The van der Waals surface area contributed by atoms with Gasteiger partial charge in [-0.05, 0) is 57.8 Å². The summed E-state index contributed by atoms with van der Waals surface area (Å²) in [6, 6.07) is 0. The van der Waals surface area contributed by atoms with E-state index in [1.165, 1.54) is 116 Å². The van der Waals surface area contributed by atoms with Gasteiger partial charge in [-0.1, -0.05) is 209 Å². The van der Waals surface area contributed by atoms with Gasteiger partial charge in [0.2, 0.25) is 0 Å². The second-order valence-electron chi connectivity index (χ2n) is 18.8. The highest BCUT2D eigenvalue weighted by Crippen LogP contribution is 2.16. The van der Waals surface area contributed by atoms with Gasteiger partial charge in [0.25, 0.3) is 0 Å². The van der Waals surface area contributed by atoms with Gasteiger partial charge in [-0.3, -0.25) is 9.59 Å². The molecule has 0 saturated heterocycles. The lowest BCUT2D eigenvalue weighted by molar-refractivity contribution is -0.870. The number of unbranched alkanes of at least 4 members (excludes halogenated alkanes) is 23. The molecular formula is C56H99NO8. The van der Waals surface area contributed by atoms with Crippen LogP contribution in [-0.2, 0) is 33.3 Å². The van der Waals surface area contributed by atoms with Crippen LogP contribution in [0.2, 0.25) is 0 Å². The molecule has 0 amide bonds. The zero-order valence-corrected chi connectivity index (χ0v) is 42.6. The first kappa shape index (κ1) is 62.0. The highest BCUT2D eigenvalue weighted by atomic mass is 16.7. The van der Waals surface area contributed by atoms with Crippen LogP contribution in [0.25, 0.3) is 0 Å². The van der Waals surface area contributed by atoms with E-state index in [-0.39, 0.29) is 32.2 Å². The Morgan fingerprint density at radius 3 is 1.31 bits per heavy atom. The molecule has 65 heavy (non-hydrogen) atoms. The third-order valence-corrected chi connectivity index (χ3v) is 11.3. The van der Waals surface area contributed by atoms with Crippen LogP contribution in [0.15, 0.2) is 60.8 Å². The highest BCUT2D eigenvalue weighted by molar-refractivity contribution is 5.70. The van der Waals surface area contributed by atoms with Crippen molar-refractivity contribution >= 4 is 17.9 Å². The number of aliphatic carboxylic acids is 1. The molecule has 9 heteroatoms. The van der Waals surface area contributed by atoms with Crippen molar-refractivity contribution in [3.63, 3.8) is 0 Å². The summed E-state index contributed by atoms with van der Waals surface area (Å²) in [7, 11) is 5.91. The lowest BCUT2D eigenvalue weighted by atomic mass is 10.0. The van der Waals surface area contributed by atoms with Crippen LogP contribution in [0, 0.1) is 0 Å². The molecular weight excluding hydrogens is 815 g/mol. The van der Waals surface area contributed by atoms with Crippen molar-refractivity contribution < 1.29 is 42.9 Å². The normalized spacial score (nSPS) is 13.3. The number of allylic oxidation sites excluding steroid dienone is 10. The van der Waals surface area contributed by atoms with E-state index in [1.807, 2.05) is 21.1 Å². The van der Waals surface area contributed by atoms with Crippen LogP contribution in [0.1, 0.15) is 219 Å². The molecule has 0 bridgehead atoms. The predicted molar refractivity (Wildman–Crippen MR) is 269 cm³/mol. The Kier molecular flexibility index (Phi) is 45.3. The number of likely N-dealkylation sites (N-methyl/N-ethyl adjacent to an activating group) is 1. The second kappa shape index (κ2) is 47.5. The first-order valence-corrected chi connectivity index (χ1v) is 26.4. The molecule has 0 aromatic rings. The minimum atomic E-state index is -1.62. The number of carbonyl (C=O) groups is 3. The number of carboxylic acids is 1. The summed E-state index contributed by atoms with van der Waals surface area (Å²) in [6.45, 7) is 4.63. The molecule has 0 radical (unpaired) electrons. The summed E-state index contributed by atoms with van der Waals surface area (Å²) >= 11 is 0. The fourth-order valence-corrected chi connectivity index (χ4v) is 7.21. The number of nitrogens with zero attached hydrogens (tertiary/aromatic N) is 1. The molecule has 2 atom stereocenters. The average Bonchev–Trinajstić information content (AvgIpc) is 3.27. The van der Waals surface area contributed by atoms with E-state index in [0.717, 1.165) is 70.6 Å². The first-order valence-electron chi connectivity index (χ1n) is 26.4. The number of ether oxygens (including phenoxy) is 4. The smallest absolute Gasteiger partial charge is 0.306 e. The standard InChI is InChI=1S/C56H99NO8/c1-6-8-10-12-14-16-18-19-20-21-22-23-24-25-26-27-28-29-30-31-32-33-34-35-37-39-41-43-45-47-54(59)65-52(51-64-56(55(60)61)62-49-48-57(3,4)5)50-63-53(58)46-44-42-40-38-36-17-15-13-11-9-7-2/h8,10,14,16,19-20,22-23,25-26,52,56H,6-7,9,11-13,15,17-18,21,24,27-51H2,1-5H3/b10-8-,16-14-,20-19-,23-22-,26-25-. The molecule has 2 unspecified atom stereocenters. The van der Waals surface area contributed by atoms with Gasteiger partial charge >= 0.3 is 11.9 Å². The quantitative estimate of drug-likeness (QED) is 0.0195. The van der Waals surface area contributed by atoms with Crippen molar-refractivity contribution in [3.8, 4) is 0 Å². The number of carboxylic acid groups (broad SMARTS) is 1. The maximum Gasteiger partial charge on any atom is 0.306 e. The number of esters is 2. The number of hydrogen-bond donors (Lipinski definition) is 0. The lowest BCUT2D eigenvalue weighted by Gasteiger charge is -2.26. The van der Waals surface area contributed by atoms with Gasteiger partial charge in [0.1, 0.15) is 13.2 Å². The van der Waals surface area contributed by atoms with E-state index in [0.29, 0.717) is 23.9 Å². The zero-order chi connectivity index (χ0) is 47.7. The largest absolute Gasteiger partial charge is 0.545 e. The van der Waals surface area contributed by atoms with E-state index < -0.39 is 24.3 Å². The Morgan fingerprint density at radius 1 is 0.477 bits per heavy atom. The molecule has 0 aliphatic rings. The Hall–Kier alpha value is -3.01. The van der Waals surface area contributed by atoms with Gasteiger partial charge in [-0.15, -0.1) is 0 Å². The Balaban J connectivity index is 4.18. The van der Waals surface area contributed by atoms with E-state index in [2.05, 4.69) is 74.6 Å². The van der Waals surface area contributed by atoms with Crippen molar-refractivity contribution in [2.45, 2.75) is 232 Å². The maximum absolute atomic E-state index is 12.8. The van der Waals surface area contributed by atoms with Crippen molar-refractivity contribution in [1.29, 1.82) is 0 Å². The van der Waals surface area contributed by atoms with Gasteiger partial charge in [0, 0.05) is 12.8 Å². The Morgan fingerprint density at radius 2 is 0.877 bits per heavy atom. The topological polar surface area (TPSA) is 111 Å². The van der Waals surface area contributed by atoms with Crippen LogP contribution in [-0.4, -0.2) is 82.3 Å². The summed E-state index contributed by atoms with van der Waals surface area (Å²) in [4.78, 5) is 37.1. The highest BCUT2D eigenvalue weighted by Gasteiger charge is 2.22. The second-order valence-corrected chi connectivity index (χ2v) is 18.8. The Bertz CT molecular complexity index is 1250. The molecule has 0 heterocycles. The summed E-state index contributed by atoms with van der Waals surface area (Å²) < 4.78 is 22.6. The molecule has 0 rings (SSSR count). The van der Waals surface area contributed by atoms with Gasteiger partial charge in [0.15, 0.2) is 12.4 Å². The van der Waals surface area contributed by atoms with Gasteiger partial charge in [0.05, 0.1) is 40.3 Å². The van der Waals surface area contributed by atoms with E-state index in [1.54, 1.807) is 0 Å². The number of quaternary nitrogens is 1. The molecule has 376 valence electrons. The molecule has 0 spiro atoms. The summed E-state index contributed by atoms with van der Waals surface area (Å²) in [6.07, 6.45) is 55.5. The number of rotatable bonds is 48. The summed E-state index contributed by atoms with van der Waals surface area (Å²) in [5.74, 6) is -2.28. The van der Waals surface area contributed by atoms with Crippen molar-refractivity contribution in [1.82, 2.24) is 0 Å². The number of carbonyl (C=O) groups excluding carboxylic acids is 3. The molecule has 0 aliphatic heterocycles. The fourth-order valence-electron chi connectivity index (χ4n) is 7.21. The average molecular weight is 914 g/mol. The lowest BCUT2D eigenvalue weighted by Crippen LogP contribution is -2.44. The fraction of sp³-hybridized carbons (Fsp3) is 0.768. The van der Waals surface area contributed by atoms with Crippen LogP contribution in [0.4, 0.5) is 0 Å². The molecule has 0 aromatic carbocycles. The van der Waals surface area contributed by atoms with Crippen molar-refractivity contribution in [3.05, 3.63) is 60.8 Å². The van der Waals surface area contributed by atoms with Gasteiger partial charge in [-0.2, -0.15) is 0 Å². The minimum Gasteiger partial charge on any atom is -0.545 e. The van der Waals surface area contributed by atoms with Gasteiger partial charge in [-0.25, -0.2) is 0 Å². The molecule has 9 nitrogen and oxygen atoms in total. The molecule has 0 aromatic heterocycles. The van der Waals surface area contributed by atoms with Gasteiger partial charge < -0.3 is 33.3 Å². The third kappa shape index (κ3) is 48.7. The third-order valence-electron chi connectivity index (χ3n) is 11.3. The van der Waals surface area contributed by atoms with E-state index in [9.17, 15) is 19.5 Å². The molecule has 0 N–H and O–H groups in total. The monoisotopic (exact) mass is 914 g/mol. The Labute approximate surface area is 399 Å². The number of hydrogen-bond acceptors (Lipinski definition) is 8. The van der Waals surface area contributed by atoms with Crippen LogP contribution < -0.4 is 5.11 Å². The van der Waals surface area contributed by atoms with E-state index in [4.69, 9.17) is 18.9 Å². The zero-order valence-electron chi connectivity index (χ0n) is 42.6. The van der Waals surface area contributed by atoms with Crippen LogP contribution in [0.5, 0.6) is 0 Å². The molecule has 0 fully saturated rings. The minimum absolute atomic E-state index is 0.147. The van der Waals surface area contributed by atoms with Crippen molar-refractivity contribution in [2.75, 3.05) is 47.5 Å². The molecule has 0 aliphatic carbocycles. The van der Waals surface area contributed by atoms with Crippen LogP contribution in [0.3, 0.4) is 0 Å².